The number of carbonyl (C=O) groups is 1. The normalized spacial score (nSPS) is 12.1. The summed E-state index contributed by atoms with van der Waals surface area (Å²) < 4.78 is 26.9. The molecule has 0 saturated heterocycles. The smallest absolute Gasteiger partial charge is 0.260 e. The van der Waals surface area contributed by atoms with Crippen LogP contribution in [0.4, 0.5) is 5.13 Å². The van der Waals surface area contributed by atoms with Crippen molar-refractivity contribution in [2.75, 3.05) is 46.2 Å². The average Bonchev–Trinajstić information content (AvgIpc) is 3.14. The van der Waals surface area contributed by atoms with E-state index in [0.717, 1.165) is 38.6 Å². The van der Waals surface area contributed by atoms with E-state index in [1.54, 1.807) is 17.0 Å². The van der Waals surface area contributed by atoms with Gasteiger partial charge in [-0.2, -0.15) is 0 Å². The van der Waals surface area contributed by atoms with Crippen LogP contribution in [0.25, 0.3) is 10.2 Å². The van der Waals surface area contributed by atoms with Crippen LogP contribution in [-0.4, -0.2) is 69.8 Å². The van der Waals surface area contributed by atoms with E-state index in [2.05, 4.69) is 24.0 Å². The lowest BCUT2D eigenvalue weighted by atomic mass is 10.1. The van der Waals surface area contributed by atoms with Gasteiger partial charge in [-0.15, -0.1) is 0 Å². The number of hydrogen-bond donors (Lipinski definition) is 0. The largest absolute Gasteiger partial charge is 0.309 e. The van der Waals surface area contributed by atoms with Gasteiger partial charge in [0.15, 0.2) is 5.13 Å². The summed E-state index contributed by atoms with van der Waals surface area (Å²) in [4.78, 5) is 22.2. The van der Waals surface area contributed by atoms with Gasteiger partial charge in [-0.1, -0.05) is 17.4 Å². The average molecular weight is 475 g/mol. The number of anilines is 1. The summed E-state index contributed by atoms with van der Waals surface area (Å²) in [5, 5.41) is 0.655. The Kier molecular flexibility index (Phi) is 7.34. The summed E-state index contributed by atoms with van der Waals surface area (Å²) in [5.74, 6) is -0.189. The van der Waals surface area contributed by atoms with Crippen molar-refractivity contribution in [1.82, 2.24) is 14.2 Å². The van der Waals surface area contributed by atoms with Crippen LogP contribution >= 0.6 is 11.3 Å². The van der Waals surface area contributed by atoms with Gasteiger partial charge in [-0.05, 0) is 82.4 Å². The van der Waals surface area contributed by atoms with E-state index < -0.39 is 10.0 Å². The maximum absolute atomic E-state index is 13.5. The van der Waals surface area contributed by atoms with Crippen molar-refractivity contribution >= 4 is 42.6 Å². The molecule has 0 atom stereocenters. The van der Waals surface area contributed by atoms with Crippen molar-refractivity contribution in [2.45, 2.75) is 25.2 Å². The summed E-state index contributed by atoms with van der Waals surface area (Å²) in [7, 11) is 3.42. The molecule has 1 amide bonds. The number of rotatable bonds is 8. The number of sulfonamides is 1. The Hall–Kier alpha value is -2.33. The van der Waals surface area contributed by atoms with Crippen LogP contribution in [0, 0.1) is 13.8 Å². The zero-order chi connectivity index (χ0) is 23.6. The second kappa shape index (κ2) is 9.66. The minimum atomic E-state index is -3.55. The number of thiazole rings is 1. The number of hydrogen-bond acceptors (Lipinski definition) is 6. The van der Waals surface area contributed by atoms with E-state index in [9.17, 15) is 13.2 Å². The quantitative estimate of drug-likeness (QED) is 0.497. The molecule has 0 saturated carbocycles. The van der Waals surface area contributed by atoms with Gasteiger partial charge in [0, 0.05) is 26.2 Å². The fourth-order valence-corrected chi connectivity index (χ4v) is 5.51. The fourth-order valence-electron chi connectivity index (χ4n) is 3.44. The SMILES string of the molecule is Cc1cc(C)c2nc(N(CCCN(C)C)C(=O)c3ccc(S(=O)(=O)N(C)C)cc3)sc2c1. The van der Waals surface area contributed by atoms with Gasteiger partial charge in [0.25, 0.3) is 5.91 Å². The molecule has 0 unspecified atom stereocenters. The molecule has 2 aromatic carbocycles. The highest BCUT2D eigenvalue weighted by Crippen LogP contribution is 2.32. The number of aryl methyl sites for hydroxylation is 2. The molecule has 0 fully saturated rings. The summed E-state index contributed by atoms with van der Waals surface area (Å²) in [6.45, 7) is 5.44. The maximum Gasteiger partial charge on any atom is 0.260 e. The molecule has 0 aliphatic rings. The first-order valence-electron chi connectivity index (χ1n) is 10.4. The van der Waals surface area contributed by atoms with E-state index in [0.29, 0.717) is 17.2 Å². The van der Waals surface area contributed by atoms with Crippen LogP contribution in [-0.2, 0) is 10.0 Å². The van der Waals surface area contributed by atoms with Crippen molar-refractivity contribution in [1.29, 1.82) is 0 Å². The number of nitrogens with zero attached hydrogens (tertiary/aromatic N) is 4. The molecule has 172 valence electrons. The number of benzene rings is 2. The number of fused-ring (bicyclic) bond motifs is 1. The molecule has 0 spiro atoms. The van der Waals surface area contributed by atoms with E-state index in [4.69, 9.17) is 4.98 Å². The third kappa shape index (κ3) is 5.17. The van der Waals surface area contributed by atoms with Crippen LogP contribution < -0.4 is 4.90 Å². The molecular weight excluding hydrogens is 444 g/mol. The van der Waals surface area contributed by atoms with Gasteiger partial charge >= 0.3 is 0 Å². The van der Waals surface area contributed by atoms with Crippen LogP contribution in [0.3, 0.4) is 0 Å². The molecule has 0 radical (unpaired) electrons. The summed E-state index contributed by atoms with van der Waals surface area (Å²) in [6.07, 6.45) is 0.791. The van der Waals surface area contributed by atoms with Gasteiger partial charge < -0.3 is 4.90 Å². The third-order valence-electron chi connectivity index (χ3n) is 5.16. The summed E-state index contributed by atoms with van der Waals surface area (Å²) >= 11 is 1.50. The number of amides is 1. The van der Waals surface area contributed by atoms with Gasteiger partial charge in [-0.3, -0.25) is 9.69 Å². The van der Waals surface area contributed by atoms with Crippen LogP contribution in [0.1, 0.15) is 27.9 Å². The highest BCUT2D eigenvalue weighted by molar-refractivity contribution is 7.89. The molecule has 3 rings (SSSR count). The molecule has 7 nitrogen and oxygen atoms in total. The summed E-state index contributed by atoms with van der Waals surface area (Å²) in [6, 6.07) is 10.3. The van der Waals surface area contributed by atoms with Gasteiger partial charge in [0.2, 0.25) is 10.0 Å². The first-order chi connectivity index (χ1) is 15.0. The Labute approximate surface area is 194 Å². The Morgan fingerprint density at radius 3 is 2.25 bits per heavy atom. The van der Waals surface area contributed by atoms with E-state index in [-0.39, 0.29) is 10.8 Å². The van der Waals surface area contributed by atoms with Crippen molar-refractivity contribution < 1.29 is 13.2 Å². The summed E-state index contributed by atoms with van der Waals surface area (Å²) in [5.41, 5.74) is 3.59. The third-order valence-corrected chi connectivity index (χ3v) is 8.02. The molecule has 0 N–H and O–H groups in total. The molecule has 0 bridgehead atoms. The zero-order valence-electron chi connectivity index (χ0n) is 19.4. The monoisotopic (exact) mass is 474 g/mol. The van der Waals surface area contributed by atoms with Crippen molar-refractivity contribution in [3.05, 3.63) is 53.1 Å². The Morgan fingerprint density at radius 2 is 1.66 bits per heavy atom. The van der Waals surface area contributed by atoms with Crippen molar-refractivity contribution in [2.24, 2.45) is 0 Å². The van der Waals surface area contributed by atoms with Crippen LogP contribution in [0.15, 0.2) is 41.3 Å². The number of aromatic nitrogens is 1. The lowest BCUT2D eigenvalue weighted by Crippen LogP contribution is -2.33. The van der Waals surface area contributed by atoms with E-state index in [1.807, 2.05) is 21.0 Å². The molecular formula is C23H30N4O3S2. The second-order valence-corrected chi connectivity index (χ2v) is 11.5. The molecule has 1 heterocycles. The highest BCUT2D eigenvalue weighted by atomic mass is 32.2. The molecule has 3 aromatic rings. The van der Waals surface area contributed by atoms with Gasteiger partial charge in [-0.25, -0.2) is 17.7 Å². The van der Waals surface area contributed by atoms with Gasteiger partial charge in [0.1, 0.15) is 0 Å². The molecule has 9 heteroatoms. The minimum Gasteiger partial charge on any atom is -0.309 e. The standard InChI is InChI=1S/C23H30N4O3S2/c1-16-14-17(2)21-20(15-16)31-23(24-21)27(13-7-12-25(3)4)22(28)18-8-10-19(11-9-18)32(29,30)26(5)6/h8-11,14-15H,7,12-13H2,1-6H3. The molecule has 0 aliphatic heterocycles. The van der Waals surface area contributed by atoms with Crippen LogP contribution in [0.5, 0.6) is 0 Å². The Morgan fingerprint density at radius 1 is 1.00 bits per heavy atom. The van der Waals surface area contributed by atoms with Crippen molar-refractivity contribution in [3.63, 3.8) is 0 Å². The topological polar surface area (TPSA) is 73.8 Å². The Bertz CT molecular complexity index is 1220. The predicted molar refractivity (Wildman–Crippen MR) is 131 cm³/mol. The molecule has 1 aromatic heterocycles. The van der Waals surface area contributed by atoms with Crippen LogP contribution in [0.2, 0.25) is 0 Å². The van der Waals surface area contributed by atoms with Gasteiger partial charge in [0.05, 0.1) is 15.1 Å². The van der Waals surface area contributed by atoms with Crippen molar-refractivity contribution in [3.8, 4) is 0 Å². The zero-order valence-corrected chi connectivity index (χ0v) is 21.0. The minimum absolute atomic E-state index is 0.157. The fraction of sp³-hybridized carbons (Fsp3) is 0.391. The van der Waals surface area contributed by atoms with E-state index >= 15 is 0 Å². The Balaban J connectivity index is 1.97. The van der Waals surface area contributed by atoms with E-state index in [1.165, 1.54) is 37.6 Å². The lowest BCUT2D eigenvalue weighted by molar-refractivity contribution is 0.0986. The lowest BCUT2D eigenvalue weighted by Gasteiger charge is -2.21. The molecule has 0 aliphatic carbocycles. The predicted octanol–water partition coefficient (Wildman–Crippen LogP) is 3.76. The molecule has 32 heavy (non-hydrogen) atoms. The second-order valence-electron chi connectivity index (χ2n) is 8.35. The first-order valence-corrected chi connectivity index (χ1v) is 12.6. The maximum atomic E-state index is 13.5. The first kappa shape index (κ1) is 24.3. The number of carbonyl (C=O) groups excluding carboxylic acids is 1. The highest BCUT2D eigenvalue weighted by Gasteiger charge is 2.23.